The summed E-state index contributed by atoms with van der Waals surface area (Å²) in [6.45, 7) is 1.04. The fourth-order valence-corrected chi connectivity index (χ4v) is 3.38. The number of carbonyl (C=O) groups is 2. The predicted molar refractivity (Wildman–Crippen MR) is 109 cm³/mol. The van der Waals surface area contributed by atoms with Crippen LogP contribution in [0.25, 0.3) is 0 Å². The molecule has 31 heavy (non-hydrogen) atoms. The number of pyridine rings is 1. The lowest BCUT2D eigenvalue weighted by Crippen LogP contribution is -2.50. The minimum atomic E-state index is -0.634. The van der Waals surface area contributed by atoms with Crippen molar-refractivity contribution in [3.05, 3.63) is 66.0 Å². The highest BCUT2D eigenvalue weighted by Crippen LogP contribution is 2.38. The van der Waals surface area contributed by atoms with E-state index in [1.54, 1.807) is 17.2 Å². The minimum absolute atomic E-state index is 0.0301. The number of likely N-dealkylation sites (tertiary alicyclic amines) is 1. The van der Waals surface area contributed by atoms with Crippen molar-refractivity contribution in [1.29, 1.82) is 0 Å². The Labute approximate surface area is 177 Å². The second kappa shape index (κ2) is 8.42. The molecule has 160 valence electrons. The first-order chi connectivity index (χ1) is 15.0. The summed E-state index contributed by atoms with van der Waals surface area (Å²) in [7, 11) is 2.86. The van der Waals surface area contributed by atoms with Crippen LogP contribution < -0.4 is 14.8 Å². The maximum absolute atomic E-state index is 13.4. The smallest absolute Gasteiger partial charge is 0.257 e. The van der Waals surface area contributed by atoms with E-state index >= 15 is 0 Å². The molecule has 0 saturated carbocycles. The molecule has 0 spiro atoms. The third kappa shape index (κ3) is 4.04. The molecule has 1 saturated heterocycles. The SMILES string of the molecule is COc1cc(C(=O)N2CC(n3cccn3)C2)cc(NC(=O)c2cncc(F)c2)c1OC. The molecule has 0 radical (unpaired) electrons. The fourth-order valence-electron chi connectivity index (χ4n) is 3.38. The van der Waals surface area contributed by atoms with E-state index in [4.69, 9.17) is 9.47 Å². The van der Waals surface area contributed by atoms with Gasteiger partial charge in [0.2, 0.25) is 0 Å². The molecule has 2 amide bonds. The molecule has 0 bridgehead atoms. The second-order valence-corrected chi connectivity index (χ2v) is 6.96. The number of carbonyl (C=O) groups excluding carboxylic acids is 2. The van der Waals surface area contributed by atoms with Gasteiger partial charge in [-0.15, -0.1) is 0 Å². The number of hydrogen-bond acceptors (Lipinski definition) is 6. The Kier molecular flexibility index (Phi) is 5.52. The Morgan fingerprint density at radius 1 is 1.13 bits per heavy atom. The van der Waals surface area contributed by atoms with Gasteiger partial charge in [0.15, 0.2) is 11.5 Å². The zero-order valence-electron chi connectivity index (χ0n) is 16.9. The number of anilines is 1. The van der Waals surface area contributed by atoms with Gasteiger partial charge < -0.3 is 19.7 Å². The molecule has 3 heterocycles. The van der Waals surface area contributed by atoms with Crippen molar-refractivity contribution in [3.8, 4) is 11.5 Å². The Morgan fingerprint density at radius 2 is 1.94 bits per heavy atom. The monoisotopic (exact) mass is 425 g/mol. The van der Waals surface area contributed by atoms with Crippen LogP contribution >= 0.6 is 0 Å². The molecule has 1 aliphatic heterocycles. The fraction of sp³-hybridized carbons (Fsp3) is 0.238. The van der Waals surface area contributed by atoms with Crippen LogP contribution in [0.5, 0.6) is 11.5 Å². The summed E-state index contributed by atoms with van der Waals surface area (Å²) < 4.78 is 26.0. The highest BCUT2D eigenvalue weighted by molar-refractivity contribution is 6.06. The van der Waals surface area contributed by atoms with Crippen LogP contribution in [-0.4, -0.2) is 58.8 Å². The molecule has 2 aromatic heterocycles. The first kappa shape index (κ1) is 20.3. The minimum Gasteiger partial charge on any atom is -0.493 e. The molecular formula is C21H20FN5O4. The molecule has 0 atom stereocenters. The highest BCUT2D eigenvalue weighted by atomic mass is 19.1. The van der Waals surface area contributed by atoms with Crippen molar-refractivity contribution in [3.63, 3.8) is 0 Å². The topological polar surface area (TPSA) is 98.6 Å². The predicted octanol–water partition coefficient (Wildman–Crippen LogP) is 2.38. The van der Waals surface area contributed by atoms with Crippen LogP contribution in [0, 0.1) is 5.82 Å². The Balaban J connectivity index is 1.58. The van der Waals surface area contributed by atoms with Crippen LogP contribution in [0.2, 0.25) is 0 Å². The van der Waals surface area contributed by atoms with E-state index in [-0.39, 0.29) is 34.7 Å². The maximum Gasteiger partial charge on any atom is 0.257 e. The molecule has 1 aromatic carbocycles. The van der Waals surface area contributed by atoms with Crippen LogP contribution in [0.4, 0.5) is 10.1 Å². The van der Waals surface area contributed by atoms with Crippen LogP contribution in [0.3, 0.4) is 0 Å². The standard InChI is InChI=1S/C21H20FN5O4/c1-30-18-8-13(21(29)26-11-16(12-26)27-5-3-4-24-27)7-17(19(18)31-2)25-20(28)14-6-15(22)10-23-9-14/h3-10,16H,11-12H2,1-2H3,(H,25,28). The number of amides is 2. The molecule has 1 aliphatic rings. The first-order valence-electron chi connectivity index (χ1n) is 9.46. The molecule has 9 nitrogen and oxygen atoms in total. The zero-order valence-corrected chi connectivity index (χ0v) is 16.9. The first-order valence-corrected chi connectivity index (χ1v) is 9.46. The number of methoxy groups -OCH3 is 2. The van der Waals surface area contributed by atoms with Gasteiger partial charge in [0.05, 0.1) is 37.7 Å². The Hall–Kier alpha value is -3.95. The number of nitrogens with zero attached hydrogens (tertiary/aromatic N) is 4. The lowest BCUT2D eigenvalue weighted by Gasteiger charge is -2.39. The van der Waals surface area contributed by atoms with E-state index < -0.39 is 11.7 Å². The van der Waals surface area contributed by atoms with Crippen molar-refractivity contribution in [2.75, 3.05) is 32.6 Å². The van der Waals surface area contributed by atoms with E-state index in [0.29, 0.717) is 18.7 Å². The lowest BCUT2D eigenvalue weighted by molar-refractivity contribution is 0.0501. The van der Waals surface area contributed by atoms with Gasteiger partial charge in [0.25, 0.3) is 11.8 Å². The van der Waals surface area contributed by atoms with Gasteiger partial charge in [0, 0.05) is 37.2 Å². The number of hydrogen-bond donors (Lipinski definition) is 1. The van der Waals surface area contributed by atoms with E-state index in [1.165, 1.54) is 26.5 Å². The zero-order chi connectivity index (χ0) is 22.0. The number of rotatable bonds is 6. The number of nitrogens with one attached hydrogen (secondary N) is 1. The molecule has 1 fully saturated rings. The Bertz CT molecular complexity index is 1110. The highest BCUT2D eigenvalue weighted by Gasteiger charge is 2.33. The van der Waals surface area contributed by atoms with Crippen LogP contribution in [-0.2, 0) is 0 Å². The van der Waals surface area contributed by atoms with E-state index in [2.05, 4.69) is 15.4 Å². The molecule has 10 heteroatoms. The van der Waals surface area contributed by atoms with Gasteiger partial charge in [-0.3, -0.25) is 19.3 Å². The number of aromatic nitrogens is 3. The average molecular weight is 425 g/mol. The summed E-state index contributed by atoms with van der Waals surface area (Å²) in [5.41, 5.74) is 0.579. The summed E-state index contributed by atoms with van der Waals surface area (Å²) in [6.07, 6.45) is 5.80. The summed E-state index contributed by atoms with van der Waals surface area (Å²) >= 11 is 0. The normalized spacial score (nSPS) is 13.5. The molecule has 3 aromatic rings. The molecule has 0 aliphatic carbocycles. The van der Waals surface area contributed by atoms with E-state index in [1.807, 2.05) is 16.9 Å². The number of benzene rings is 1. The van der Waals surface area contributed by atoms with Gasteiger partial charge in [-0.05, 0) is 24.3 Å². The maximum atomic E-state index is 13.4. The van der Waals surface area contributed by atoms with Gasteiger partial charge in [-0.1, -0.05) is 0 Å². The molecule has 1 N–H and O–H groups in total. The van der Waals surface area contributed by atoms with Gasteiger partial charge in [-0.2, -0.15) is 5.10 Å². The summed E-state index contributed by atoms with van der Waals surface area (Å²) in [4.78, 5) is 30.9. The average Bonchev–Trinajstić information content (AvgIpc) is 3.26. The number of ether oxygens (including phenoxy) is 2. The summed E-state index contributed by atoms with van der Waals surface area (Å²) in [5, 5.41) is 6.85. The summed E-state index contributed by atoms with van der Waals surface area (Å²) in [6, 6.07) is 6.09. The van der Waals surface area contributed by atoms with Crippen molar-refractivity contribution in [2.45, 2.75) is 6.04 Å². The third-order valence-corrected chi connectivity index (χ3v) is 4.99. The van der Waals surface area contributed by atoms with Gasteiger partial charge in [0.1, 0.15) is 5.82 Å². The van der Waals surface area contributed by atoms with Crippen molar-refractivity contribution >= 4 is 17.5 Å². The van der Waals surface area contributed by atoms with Crippen molar-refractivity contribution in [1.82, 2.24) is 19.7 Å². The van der Waals surface area contributed by atoms with E-state index in [0.717, 1.165) is 12.3 Å². The molecular weight excluding hydrogens is 405 g/mol. The van der Waals surface area contributed by atoms with Crippen LogP contribution in [0.15, 0.2) is 49.1 Å². The van der Waals surface area contributed by atoms with Gasteiger partial charge >= 0.3 is 0 Å². The molecule has 4 rings (SSSR count). The third-order valence-electron chi connectivity index (χ3n) is 4.99. The second-order valence-electron chi connectivity index (χ2n) is 6.96. The Morgan fingerprint density at radius 3 is 2.58 bits per heavy atom. The largest absolute Gasteiger partial charge is 0.493 e. The quantitative estimate of drug-likeness (QED) is 0.651. The van der Waals surface area contributed by atoms with Gasteiger partial charge in [-0.25, -0.2) is 4.39 Å². The van der Waals surface area contributed by atoms with Crippen molar-refractivity contribution < 1.29 is 23.5 Å². The number of halogens is 1. The lowest BCUT2D eigenvalue weighted by atomic mass is 10.1. The summed E-state index contributed by atoms with van der Waals surface area (Å²) in [5.74, 6) is -0.919. The van der Waals surface area contributed by atoms with Crippen molar-refractivity contribution in [2.24, 2.45) is 0 Å². The van der Waals surface area contributed by atoms with E-state index in [9.17, 15) is 14.0 Å². The molecule has 0 unspecified atom stereocenters. The van der Waals surface area contributed by atoms with Crippen LogP contribution in [0.1, 0.15) is 26.8 Å².